The lowest BCUT2D eigenvalue weighted by molar-refractivity contribution is -0.137. The summed E-state index contributed by atoms with van der Waals surface area (Å²) in [7, 11) is -3.18. The number of amides is 1. The van der Waals surface area contributed by atoms with Crippen LogP contribution >= 0.6 is 0 Å². The Morgan fingerprint density at radius 2 is 1.64 bits per heavy atom. The van der Waals surface area contributed by atoms with Gasteiger partial charge in [-0.1, -0.05) is 42.5 Å². The van der Waals surface area contributed by atoms with Gasteiger partial charge in [-0.05, 0) is 29.7 Å². The monoisotopic (exact) mass is 411 g/mol. The van der Waals surface area contributed by atoms with E-state index in [9.17, 15) is 26.4 Å². The van der Waals surface area contributed by atoms with Crippen molar-refractivity contribution in [2.24, 2.45) is 0 Å². The van der Waals surface area contributed by atoms with E-state index in [-0.39, 0.29) is 30.4 Å². The summed E-state index contributed by atoms with van der Waals surface area (Å²) in [6.07, 6.45) is -4.14. The smallest absolute Gasteiger partial charge is 0.334 e. The highest BCUT2D eigenvalue weighted by Crippen LogP contribution is 2.29. The second kappa shape index (κ2) is 7.95. The van der Waals surface area contributed by atoms with Crippen LogP contribution in [0.5, 0.6) is 0 Å². The van der Waals surface area contributed by atoms with Gasteiger partial charge >= 0.3 is 6.18 Å². The second-order valence-corrected chi connectivity index (χ2v) is 9.16. The van der Waals surface area contributed by atoms with Crippen LogP contribution in [0.2, 0.25) is 0 Å². The van der Waals surface area contributed by atoms with Crippen molar-refractivity contribution in [2.45, 2.75) is 31.6 Å². The molecule has 0 bridgehead atoms. The third-order valence-electron chi connectivity index (χ3n) is 4.80. The molecule has 2 aromatic rings. The molecule has 0 spiro atoms. The van der Waals surface area contributed by atoms with E-state index >= 15 is 0 Å². The minimum atomic E-state index is -4.43. The predicted octanol–water partition coefficient (Wildman–Crippen LogP) is 3.46. The minimum Gasteiger partial charge on any atom is -0.334 e. The molecule has 1 atom stereocenters. The Bertz CT molecular complexity index is 925. The Morgan fingerprint density at radius 3 is 2.18 bits per heavy atom. The number of sulfone groups is 1. The van der Waals surface area contributed by atoms with E-state index in [4.69, 9.17) is 0 Å². The first-order valence-electron chi connectivity index (χ1n) is 8.84. The third kappa shape index (κ3) is 5.13. The van der Waals surface area contributed by atoms with Crippen molar-refractivity contribution in [3.63, 3.8) is 0 Å². The fourth-order valence-corrected chi connectivity index (χ4v) is 5.04. The molecule has 3 rings (SSSR count). The van der Waals surface area contributed by atoms with Crippen LogP contribution in [0.1, 0.15) is 23.1 Å². The van der Waals surface area contributed by atoms with E-state index in [1.54, 1.807) is 0 Å². The number of carbonyl (C=O) groups is 1. The van der Waals surface area contributed by atoms with Crippen LogP contribution in [0, 0.1) is 0 Å². The summed E-state index contributed by atoms with van der Waals surface area (Å²) in [6.45, 7) is 0.264. The molecular weight excluding hydrogens is 391 g/mol. The number of rotatable bonds is 5. The zero-order valence-electron chi connectivity index (χ0n) is 15.0. The molecule has 0 saturated carbocycles. The van der Waals surface area contributed by atoms with Gasteiger partial charge in [-0.25, -0.2) is 8.42 Å². The zero-order chi connectivity index (χ0) is 20.4. The van der Waals surface area contributed by atoms with Crippen LogP contribution in [0.25, 0.3) is 0 Å². The van der Waals surface area contributed by atoms with Crippen molar-refractivity contribution < 1.29 is 26.4 Å². The number of alkyl halides is 3. The van der Waals surface area contributed by atoms with E-state index < -0.39 is 27.6 Å². The lowest BCUT2D eigenvalue weighted by atomic mass is 10.1. The van der Waals surface area contributed by atoms with Crippen molar-refractivity contribution in [3.8, 4) is 0 Å². The first kappa shape index (κ1) is 20.4. The molecule has 1 saturated heterocycles. The van der Waals surface area contributed by atoms with E-state index in [0.717, 1.165) is 17.7 Å². The number of halogens is 3. The third-order valence-corrected chi connectivity index (χ3v) is 6.55. The molecule has 0 N–H and O–H groups in total. The Kier molecular flexibility index (Phi) is 5.79. The highest BCUT2D eigenvalue weighted by Gasteiger charge is 2.35. The molecule has 0 aliphatic carbocycles. The molecule has 1 aliphatic rings. The molecule has 1 unspecified atom stereocenters. The Labute approximate surface area is 161 Å². The van der Waals surface area contributed by atoms with Crippen molar-refractivity contribution in [2.75, 3.05) is 11.5 Å². The lowest BCUT2D eigenvalue weighted by Crippen LogP contribution is -2.41. The summed E-state index contributed by atoms with van der Waals surface area (Å²) in [5.41, 5.74) is 0.552. The number of hydrogen-bond donors (Lipinski definition) is 0. The maximum atomic E-state index is 12.9. The maximum absolute atomic E-state index is 12.9. The molecule has 1 aliphatic heterocycles. The van der Waals surface area contributed by atoms with Crippen molar-refractivity contribution in [1.29, 1.82) is 0 Å². The van der Waals surface area contributed by atoms with Gasteiger partial charge in [-0.15, -0.1) is 0 Å². The highest BCUT2D eigenvalue weighted by atomic mass is 32.2. The van der Waals surface area contributed by atoms with E-state index in [1.165, 1.54) is 17.0 Å². The summed E-state index contributed by atoms with van der Waals surface area (Å²) >= 11 is 0. The first-order valence-corrected chi connectivity index (χ1v) is 10.7. The van der Waals surface area contributed by atoms with Crippen molar-refractivity contribution in [1.82, 2.24) is 4.90 Å². The summed E-state index contributed by atoms with van der Waals surface area (Å²) in [5, 5.41) is 0. The van der Waals surface area contributed by atoms with Crippen LogP contribution in [0.3, 0.4) is 0 Å². The average Bonchev–Trinajstić information content (AvgIpc) is 2.99. The summed E-state index contributed by atoms with van der Waals surface area (Å²) < 4.78 is 61.8. The summed E-state index contributed by atoms with van der Waals surface area (Å²) in [6, 6.07) is 13.3. The van der Waals surface area contributed by atoms with Crippen LogP contribution in [0.15, 0.2) is 54.6 Å². The molecule has 1 heterocycles. The summed E-state index contributed by atoms with van der Waals surface area (Å²) in [4.78, 5) is 14.4. The van der Waals surface area contributed by atoms with Crippen LogP contribution in [0.4, 0.5) is 13.2 Å². The van der Waals surface area contributed by atoms with Crippen LogP contribution < -0.4 is 0 Å². The van der Waals surface area contributed by atoms with Crippen LogP contribution in [-0.2, 0) is 33.8 Å². The fraction of sp³-hybridized carbons (Fsp3) is 0.350. The molecule has 1 fully saturated rings. The number of nitrogens with zero attached hydrogens (tertiary/aromatic N) is 1. The van der Waals surface area contributed by atoms with Gasteiger partial charge in [0.05, 0.1) is 23.5 Å². The quantitative estimate of drug-likeness (QED) is 0.757. The van der Waals surface area contributed by atoms with Gasteiger partial charge in [-0.3, -0.25) is 4.79 Å². The first-order chi connectivity index (χ1) is 13.1. The van der Waals surface area contributed by atoms with Gasteiger partial charge in [0.25, 0.3) is 0 Å². The van der Waals surface area contributed by atoms with E-state index in [0.29, 0.717) is 12.0 Å². The molecule has 4 nitrogen and oxygen atoms in total. The predicted molar refractivity (Wildman–Crippen MR) is 99.2 cm³/mol. The second-order valence-electron chi connectivity index (χ2n) is 6.94. The molecule has 8 heteroatoms. The topological polar surface area (TPSA) is 54.5 Å². The lowest BCUT2D eigenvalue weighted by Gasteiger charge is -2.28. The Hall–Kier alpha value is -2.35. The van der Waals surface area contributed by atoms with Gasteiger partial charge in [0.2, 0.25) is 5.91 Å². The van der Waals surface area contributed by atoms with Gasteiger partial charge < -0.3 is 4.90 Å². The zero-order valence-corrected chi connectivity index (χ0v) is 15.8. The van der Waals surface area contributed by atoms with Crippen molar-refractivity contribution in [3.05, 3.63) is 71.3 Å². The average molecular weight is 411 g/mol. The highest BCUT2D eigenvalue weighted by molar-refractivity contribution is 7.91. The standard InChI is InChI=1S/C20H20F3NO3S/c21-20(22,23)17-8-6-15(7-9-17)12-19(25)24(13-16-4-2-1-3-5-16)18-10-11-28(26,27)14-18/h1-9,18H,10-14H2. The molecule has 150 valence electrons. The molecule has 0 radical (unpaired) electrons. The Morgan fingerprint density at radius 1 is 1.00 bits per heavy atom. The van der Waals surface area contributed by atoms with E-state index in [1.807, 2.05) is 30.3 Å². The molecule has 2 aromatic carbocycles. The normalized spacial score (nSPS) is 18.8. The molecule has 0 aromatic heterocycles. The molecular formula is C20H20F3NO3S. The van der Waals surface area contributed by atoms with Gasteiger partial charge in [0.15, 0.2) is 9.84 Å². The minimum absolute atomic E-state index is 0.0382. The van der Waals surface area contributed by atoms with Crippen LogP contribution in [-0.4, -0.2) is 36.8 Å². The van der Waals surface area contributed by atoms with E-state index in [2.05, 4.69) is 0 Å². The number of benzene rings is 2. The van der Waals surface area contributed by atoms with Gasteiger partial charge in [0.1, 0.15) is 0 Å². The Balaban J connectivity index is 1.78. The SMILES string of the molecule is O=C(Cc1ccc(C(F)(F)F)cc1)N(Cc1ccccc1)C1CCS(=O)(=O)C1. The van der Waals surface area contributed by atoms with Gasteiger partial charge in [0, 0.05) is 12.6 Å². The largest absolute Gasteiger partial charge is 0.416 e. The number of carbonyl (C=O) groups excluding carboxylic acids is 1. The fourth-order valence-electron chi connectivity index (χ4n) is 3.31. The molecule has 1 amide bonds. The van der Waals surface area contributed by atoms with Crippen molar-refractivity contribution >= 4 is 15.7 Å². The maximum Gasteiger partial charge on any atom is 0.416 e. The summed E-state index contributed by atoms with van der Waals surface area (Å²) in [5.74, 6) is -0.347. The molecule has 28 heavy (non-hydrogen) atoms. The number of hydrogen-bond acceptors (Lipinski definition) is 3. The van der Waals surface area contributed by atoms with Gasteiger partial charge in [-0.2, -0.15) is 13.2 Å².